The molecular weight excluding hydrogens is 454 g/mol. The number of ether oxygens (including phenoxy) is 1. The molecule has 1 saturated heterocycles. The van der Waals surface area contributed by atoms with E-state index in [-0.39, 0.29) is 34.2 Å². The van der Waals surface area contributed by atoms with Crippen molar-refractivity contribution in [3.8, 4) is 11.5 Å². The van der Waals surface area contributed by atoms with Crippen LogP contribution in [0.15, 0.2) is 66.2 Å². The fourth-order valence-electron chi connectivity index (χ4n) is 4.16. The van der Waals surface area contributed by atoms with Crippen molar-refractivity contribution in [1.82, 2.24) is 4.90 Å². The van der Waals surface area contributed by atoms with E-state index in [2.05, 4.69) is 0 Å². The van der Waals surface area contributed by atoms with Gasteiger partial charge in [-0.2, -0.15) is 0 Å². The Morgan fingerprint density at radius 2 is 1.74 bits per heavy atom. The number of likely N-dealkylation sites (tertiary alicyclic amines) is 1. The third-order valence-corrected chi connectivity index (χ3v) is 6.35. The number of aryl methyl sites for hydroxylation is 2. The molecular formula is C27H24ClNO5. The van der Waals surface area contributed by atoms with Gasteiger partial charge < -0.3 is 19.8 Å². The topological polar surface area (TPSA) is 87.1 Å². The minimum absolute atomic E-state index is 0.0473. The summed E-state index contributed by atoms with van der Waals surface area (Å²) in [7, 11) is 1.48. The zero-order chi connectivity index (χ0) is 24.6. The second-order valence-electron chi connectivity index (χ2n) is 8.29. The minimum atomic E-state index is -0.872. The summed E-state index contributed by atoms with van der Waals surface area (Å²) in [5, 5.41) is 21.3. The summed E-state index contributed by atoms with van der Waals surface area (Å²) < 4.78 is 5.24. The van der Waals surface area contributed by atoms with Crippen LogP contribution in [0.3, 0.4) is 0 Å². The van der Waals surface area contributed by atoms with E-state index in [1.54, 1.807) is 24.3 Å². The van der Waals surface area contributed by atoms with Crippen molar-refractivity contribution in [3.63, 3.8) is 0 Å². The Balaban J connectivity index is 1.91. The molecule has 6 nitrogen and oxygen atoms in total. The van der Waals surface area contributed by atoms with Crippen LogP contribution in [0.4, 0.5) is 0 Å². The van der Waals surface area contributed by atoms with Crippen molar-refractivity contribution in [1.29, 1.82) is 0 Å². The maximum atomic E-state index is 13.3. The van der Waals surface area contributed by atoms with Gasteiger partial charge in [0.2, 0.25) is 0 Å². The number of aliphatic hydroxyl groups excluding tert-OH is 1. The van der Waals surface area contributed by atoms with Gasteiger partial charge >= 0.3 is 0 Å². The lowest BCUT2D eigenvalue weighted by atomic mass is 9.94. The van der Waals surface area contributed by atoms with Gasteiger partial charge in [-0.15, -0.1) is 0 Å². The largest absolute Gasteiger partial charge is 0.508 e. The Morgan fingerprint density at radius 1 is 1.03 bits per heavy atom. The highest BCUT2D eigenvalue weighted by atomic mass is 35.5. The third-order valence-electron chi connectivity index (χ3n) is 6.02. The van der Waals surface area contributed by atoms with Crippen LogP contribution in [0.2, 0.25) is 5.02 Å². The highest BCUT2D eigenvalue weighted by Crippen LogP contribution is 2.42. The van der Waals surface area contributed by atoms with Crippen molar-refractivity contribution in [2.45, 2.75) is 26.4 Å². The van der Waals surface area contributed by atoms with Crippen LogP contribution in [0, 0.1) is 13.8 Å². The number of phenols is 1. The number of aromatic hydroxyl groups is 1. The predicted molar refractivity (Wildman–Crippen MR) is 130 cm³/mol. The second kappa shape index (κ2) is 9.23. The van der Waals surface area contributed by atoms with Crippen molar-refractivity contribution in [2.24, 2.45) is 0 Å². The monoisotopic (exact) mass is 477 g/mol. The first-order chi connectivity index (χ1) is 16.2. The summed E-state index contributed by atoms with van der Waals surface area (Å²) >= 11 is 6.34. The number of hydrogen-bond donors (Lipinski definition) is 2. The van der Waals surface area contributed by atoms with Gasteiger partial charge in [0.15, 0.2) is 0 Å². The number of nitrogens with zero attached hydrogens (tertiary/aromatic N) is 1. The number of methoxy groups -OCH3 is 1. The van der Waals surface area contributed by atoms with Crippen molar-refractivity contribution in [3.05, 3.63) is 99.1 Å². The van der Waals surface area contributed by atoms with E-state index in [1.165, 1.54) is 30.2 Å². The number of amides is 1. The maximum absolute atomic E-state index is 13.3. The highest BCUT2D eigenvalue weighted by Gasteiger charge is 2.46. The molecule has 1 aliphatic heterocycles. The van der Waals surface area contributed by atoms with Gasteiger partial charge in [0.25, 0.3) is 11.7 Å². The van der Waals surface area contributed by atoms with E-state index in [0.717, 1.165) is 16.7 Å². The Hall–Kier alpha value is -3.77. The Bertz CT molecular complexity index is 1310. The normalized spacial score (nSPS) is 17.3. The van der Waals surface area contributed by atoms with Crippen molar-refractivity contribution in [2.75, 3.05) is 7.11 Å². The van der Waals surface area contributed by atoms with Gasteiger partial charge in [0.1, 0.15) is 17.3 Å². The first kappa shape index (κ1) is 23.4. The molecule has 174 valence electrons. The molecule has 0 bridgehead atoms. The molecule has 1 fully saturated rings. The van der Waals surface area contributed by atoms with Gasteiger partial charge in [-0.05, 0) is 60.9 Å². The fraction of sp³-hybridized carbons (Fsp3) is 0.185. The fourth-order valence-corrected chi connectivity index (χ4v) is 4.37. The SMILES string of the molecule is COc1ccc(Cl)c(/C(O)=C2\C(=O)C(=O)N(Cc3cc(C)ccc3C)C2c2ccc(O)cc2)c1. The maximum Gasteiger partial charge on any atom is 0.295 e. The summed E-state index contributed by atoms with van der Waals surface area (Å²) in [6.45, 7) is 4.07. The van der Waals surface area contributed by atoms with Gasteiger partial charge in [0, 0.05) is 12.1 Å². The van der Waals surface area contributed by atoms with E-state index < -0.39 is 17.7 Å². The zero-order valence-electron chi connectivity index (χ0n) is 19.0. The number of rotatable bonds is 5. The average Bonchev–Trinajstić information content (AvgIpc) is 3.07. The first-order valence-electron chi connectivity index (χ1n) is 10.7. The van der Waals surface area contributed by atoms with Crippen LogP contribution in [0.25, 0.3) is 5.76 Å². The number of carbonyl (C=O) groups excluding carboxylic acids is 2. The molecule has 3 aromatic rings. The van der Waals surface area contributed by atoms with E-state index >= 15 is 0 Å². The third kappa shape index (κ3) is 4.24. The molecule has 1 aliphatic rings. The van der Waals surface area contributed by atoms with Gasteiger partial charge in [-0.25, -0.2) is 0 Å². The van der Waals surface area contributed by atoms with Crippen LogP contribution in [-0.4, -0.2) is 33.9 Å². The summed E-state index contributed by atoms with van der Waals surface area (Å²) in [5.74, 6) is -1.43. The number of halogens is 1. The molecule has 0 aliphatic carbocycles. The summed E-state index contributed by atoms with van der Waals surface area (Å²) in [4.78, 5) is 27.9. The Kier molecular flexibility index (Phi) is 6.35. The molecule has 0 saturated carbocycles. The number of Topliss-reactive ketones (excluding diaryl/α,β-unsaturated/α-hetero) is 1. The number of carbonyl (C=O) groups is 2. The second-order valence-corrected chi connectivity index (χ2v) is 8.70. The van der Waals surface area contributed by atoms with Crippen LogP contribution in [-0.2, 0) is 16.1 Å². The highest BCUT2D eigenvalue weighted by molar-refractivity contribution is 6.47. The smallest absolute Gasteiger partial charge is 0.295 e. The summed E-state index contributed by atoms with van der Waals surface area (Å²) in [6, 6.07) is 16.0. The Labute approximate surface area is 202 Å². The lowest BCUT2D eigenvalue weighted by Crippen LogP contribution is -2.29. The number of ketones is 1. The molecule has 0 radical (unpaired) electrons. The van der Waals surface area contributed by atoms with Gasteiger partial charge in [-0.1, -0.05) is 47.5 Å². The molecule has 7 heteroatoms. The molecule has 0 spiro atoms. The van der Waals surface area contributed by atoms with Crippen LogP contribution in [0.1, 0.15) is 33.9 Å². The van der Waals surface area contributed by atoms with E-state index in [0.29, 0.717) is 11.3 Å². The number of phenolic OH excluding ortho intramolecular Hbond substituents is 1. The van der Waals surface area contributed by atoms with E-state index in [4.69, 9.17) is 16.3 Å². The molecule has 2 N–H and O–H groups in total. The molecule has 1 atom stereocenters. The predicted octanol–water partition coefficient (Wildman–Crippen LogP) is 5.29. The summed E-state index contributed by atoms with van der Waals surface area (Å²) in [6.07, 6.45) is 0. The van der Waals surface area contributed by atoms with Crippen molar-refractivity contribution >= 4 is 29.1 Å². The molecule has 1 amide bonds. The molecule has 3 aromatic carbocycles. The molecule has 1 unspecified atom stereocenters. The average molecular weight is 478 g/mol. The van der Waals surface area contributed by atoms with Gasteiger partial charge in [0.05, 0.1) is 23.7 Å². The molecule has 34 heavy (non-hydrogen) atoms. The van der Waals surface area contributed by atoms with E-state index in [9.17, 15) is 19.8 Å². The standard InChI is InChI=1S/C27H24ClNO5/c1-15-4-5-16(2)18(12-15)14-29-24(17-6-8-19(30)9-7-17)23(26(32)27(29)33)25(31)21-13-20(34-3)10-11-22(21)28/h4-13,24,30-31H,14H2,1-3H3/b25-23+. The number of hydrogen-bond acceptors (Lipinski definition) is 5. The lowest BCUT2D eigenvalue weighted by molar-refractivity contribution is -0.140. The van der Waals surface area contributed by atoms with Gasteiger partial charge in [-0.3, -0.25) is 9.59 Å². The minimum Gasteiger partial charge on any atom is -0.508 e. The number of benzene rings is 3. The Morgan fingerprint density at radius 3 is 2.41 bits per heavy atom. The lowest BCUT2D eigenvalue weighted by Gasteiger charge is -2.26. The molecule has 1 heterocycles. The van der Waals surface area contributed by atoms with Crippen LogP contribution < -0.4 is 4.74 Å². The zero-order valence-corrected chi connectivity index (χ0v) is 19.8. The summed E-state index contributed by atoms with van der Waals surface area (Å²) in [5.41, 5.74) is 3.59. The molecule has 4 rings (SSSR count). The van der Waals surface area contributed by atoms with Crippen LogP contribution in [0.5, 0.6) is 11.5 Å². The van der Waals surface area contributed by atoms with Crippen LogP contribution >= 0.6 is 11.6 Å². The molecule has 0 aromatic heterocycles. The first-order valence-corrected chi connectivity index (χ1v) is 11.1. The quantitative estimate of drug-likeness (QED) is 0.296. The van der Waals surface area contributed by atoms with Crippen molar-refractivity contribution < 1.29 is 24.5 Å². The number of aliphatic hydroxyl groups is 1. The van der Waals surface area contributed by atoms with E-state index in [1.807, 2.05) is 32.0 Å².